The van der Waals surface area contributed by atoms with Crippen molar-refractivity contribution in [2.75, 3.05) is 36.4 Å². The van der Waals surface area contributed by atoms with Crippen LogP contribution in [-0.4, -0.2) is 46.3 Å². The van der Waals surface area contributed by atoms with Crippen molar-refractivity contribution in [2.45, 2.75) is 18.8 Å². The quantitative estimate of drug-likeness (QED) is 0.737. The molecule has 0 radical (unpaired) electrons. The van der Waals surface area contributed by atoms with Crippen LogP contribution in [-0.2, 0) is 0 Å². The maximum absolute atomic E-state index is 5.57. The summed E-state index contributed by atoms with van der Waals surface area (Å²) in [7, 11) is 0. The highest BCUT2D eigenvalue weighted by molar-refractivity contribution is 5.62. The summed E-state index contributed by atoms with van der Waals surface area (Å²) in [5.41, 5.74) is 1.81. The summed E-state index contributed by atoms with van der Waals surface area (Å²) in [5.74, 6) is 5.34. The molecule has 0 bridgehead atoms. The summed E-state index contributed by atoms with van der Waals surface area (Å²) in [5, 5.41) is 13.9. The predicted octanol–water partition coefficient (Wildman–Crippen LogP) is 1.21. The van der Waals surface area contributed by atoms with Gasteiger partial charge in [-0.2, -0.15) is 10.1 Å². The molecule has 0 atom stereocenters. The lowest BCUT2D eigenvalue weighted by Crippen LogP contribution is -2.44. The van der Waals surface area contributed by atoms with E-state index in [1.807, 2.05) is 6.07 Å². The fraction of sp³-hybridized carbons (Fsp3) is 0.438. The molecule has 0 aromatic carbocycles. The topological polar surface area (TPSA) is 81.8 Å². The lowest BCUT2D eigenvalue weighted by Gasteiger charge is -2.27. The highest BCUT2D eigenvalue weighted by Crippen LogP contribution is 2.39. The van der Waals surface area contributed by atoms with Crippen molar-refractivity contribution in [3.05, 3.63) is 23.5 Å². The third-order valence-electron chi connectivity index (χ3n) is 4.19. The number of nitrogens with one attached hydrogen (secondary N) is 3. The first-order valence-electron chi connectivity index (χ1n) is 7.95. The van der Waals surface area contributed by atoms with Crippen LogP contribution in [0.5, 0.6) is 0 Å². The van der Waals surface area contributed by atoms with Gasteiger partial charge in [-0.05, 0) is 12.8 Å². The molecule has 1 aliphatic carbocycles. The molecule has 7 nitrogen and oxygen atoms in total. The number of nitrogens with zero attached hydrogens (tertiary/aromatic N) is 4. The SMILES string of the molecule is C#Cc1cnc(N2CCNCC2)nc1Nc1cc(C2CC2)[nH]n1. The van der Waals surface area contributed by atoms with Crippen molar-refractivity contribution < 1.29 is 0 Å². The second-order valence-corrected chi connectivity index (χ2v) is 5.92. The molecule has 118 valence electrons. The van der Waals surface area contributed by atoms with Crippen LogP contribution in [0.4, 0.5) is 17.6 Å². The number of aromatic nitrogens is 4. The minimum Gasteiger partial charge on any atom is -0.338 e. The summed E-state index contributed by atoms with van der Waals surface area (Å²) in [4.78, 5) is 11.2. The van der Waals surface area contributed by atoms with Gasteiger partial charge in [-0.1, -0.05) is 5.92 Å². The number of H-pyrrole nitrogens is 1. The lowest BCUT2D eigenvalue weighted by molar-refractivity contribution is 0.580. The highest BCUT2D eigenvalue weighted by Gasteiger charge is 2.25. The fourth-order valence-electron chi connectivity index (χ4n) is 2.72. The van der Waals surface area contributed by atoms with Crippen molar-refractivity contribution >= 4 is 17.6 Å². The van der Waals surface area contributed by atoms with E-state index < -0.39 is 0 Å². The van der Waals surface area contributed by atoms with Crippen LogP contribution in [0.1, 0.15) is 30.0 Å². The maximum atomic E-state index is 5.57. The molecule has 3 heterocycles. The van der Waals surface area contributed by atoms with Gasteiger partial charge >= 0.3 is 0 Å². The van der Waals surface area contributed by atoms with Gasteiger partial charge in [-0.15, -0.1) is 6.42 Å². The molecule has 0 unspecified atom stereocenters. The Morgan fingerprint density at radius 1 is 1.30 bits per heavy atom. The van der Waals surface area contributed by atoms with Gasteiger partial charge in [0.1, 0.15) is 0 Å². The third-order valence-corrected chi connectivity index (χ3v) is 4.19. The zero-order valence-electron chi connectivity index (χ0n) is 12.8. The van der Waals surface area contributed by atoms with Crippen LogP contribution in [0.15, 0.2) is 12.3 Å². The van der Waals surface area contributed by atoms with Gasteiger partial charge in [0.15, 0.2) is 11.6 Å². The molecule has 2 fully saturated rings. The van der Waals surface area contributed by atoms with E-state index in [1.54, 1.807) is 6.20 Å². The second kappa shape index (κ2) is 5.89. The largest absolute Gasteiger partial charge is 0.338 e. The summed E-state index contributed by atoms with van der Waals surface area (Å²) in [6.45, 7) is 3.66. The number of anilines is 3. The van der Waals surface area contributed by atoms with Crippen LogP contribution in [0.2, 0.25) is 0 Å². The molecule has 0 spiro atoms. The number of rotatable bonds is 4. The van der Waals surface area contributed by atoms with Crippen molar-refractivity contribution in [2.24, 2.45) is 0 Å². The zero-order chi connectivity index (χ0) is 15.6. The normalized spacial score (nSPS) is 17.8. The van der Waals surface area contributed by atoms with E-state index in [-0.39, 0.29) is 0 Å². The summed E-state index contributed by atoms with van der Waals surface area (Å²) >= 11 is 0. The molecule has 0 amide bonds. The molecule has 2 aromatic heterocycles. The van der Waals surface area contributed by atoms with Gasteiger partial charge in [-0.25, -0.2) is 4.98 Å². The van der Waals surface area contributed by atoms with Crippen molar-refractivity contribution in [3.8, 4) is 12.3 Å². The van der Waals surface area contributed by atoms with E-state index in [4.69, 9.17) is 6.42 Å². The Balaban J connectivity index is 1.58. The average Bonchev–Trinajstić information content (AvgIpc) is 3.35. The van der Waals surface area contributed by atoms with Gasteiger partial charge in [0.25, 0.3) is 0 Å². The van der Waals surface area contributed by atoms with Gasteiger partial charge in [0, 0.05) is 43.9 Å². The molecule has 1 aliphatic heterocycles. The van der Waals surface area contributed by atoms with E-state index in [1.165, 1.54) is 18.5 Å². The minimum absolute atomic E-state index is 0.630. The summed E-state index contributed by atoms with van der Waals surface area (Å²) in [6.07, 6.45) is 9.74. The van der Waals surface area contributed by atoms with Gasteiger partial charge in [0.05, 0.1) is 11.8 Å². The Morgan fingerprint density at radius 3 is 2.87 bits per heavy atom. The monoisotopic (exact) mass is 309 g/mol. The van der Waals surface area contributed by atoms with E-state index in [2.05, 4.69) is 41.6 Å². The number of aromatic amines is 1. The Kier molecular flexibility index (Phi) is 3.60. The molecule has 3 N–H and O–H groups in total. The molecule has 1 saturated heterocycles. The van der Waals surface area contributed by atoms with Crippen LogP contribution >= 0.6 is 0 Å². The second-order valence-electron chi connectivity index (χ2n) is 5.92. The van der Waals surface area contributed by atoms with Gasteiger partial charge in [-0.3, -0.25) is 5.10 Å². The Morgan fingerprint density at radius 2 is 2.13 bits per heavy atom. The number of hydrogen-bond acceptors (Lipinski definition) is 6. The predicted molar refractivity (Wildman–Crippen MR) is 88.9 cm³/mol. The highest BCUT2D eigenvalue weighted by atomic mass is 15.3. The first kappa shape index (κ1) is 14.0. The number of terminal acetylenes is 1. The lowest BCUT2D eigenvalue weighted by atomic mass is 10.3. The van der Waals surface area contributed by atoms with E-state index in [0.29, 0.717) is 23.2 Å². The van der Waals surface area contributed by atoms with Gasteiger partial charge in [0.2, 0.25) is 5.95 Å². The molecule has 23 heavy (non-hydrogen) atoms. The number of hydrogen-bond donors (Lipinski definition) is 3. The Bertz CT molecular complexity index is 735. The molecular formula is C16H19N7. The molecule has 4 rings (SSSR count). The van der Waals surface area contributed by atoms with Crippen molar-refractivity contribution in [1.82, 2.24) is 25.5 Å². The van der Waals surface area contributed by atoms with E-state index in [9.17, 15) is 0 Å². The van der Waals surface area contributed by atoms with Gasteiger partial charge < -0.3 is 15.5 Å². The molecule has 2 aliphatic rings. The maximum Gasteiger partial charge on any atom is 0.227 e. The van der Waals surface area contributed by atoms with Crippen LogP contribution in [0.25, 0.3) is 0 Å². The third kappa shape index (κ3) is 2.98. The van der Waals surface area contributed by atoms with Crippen molar-refractivity contribution in [1.29, 1.82) is 0 Å². The first-order valence-corrected chi connectivity index (χ1v) is 7.95. The standard InChI is InChI=1S/C16H19N7/c1-2-11-10-18-16(23-7-5-17-6-8-23)20-15(11)19-14-9-13(21-22-14)12-3-4-12/h1,9-10,12,17H,3-8H2,(H2,18,19,20,21,22). The number of piperazine rings is 1. The smallest absolute Gasteiger partial charge is 0.227 e. The zero-order valence-corrected chi connectivity index (χ0v) is 12.8. The van der Waals surface area contributed by atoms with E-state index >= 15 is 0 Å². The average molecular weight is 309 g/mol. The first-order chi connectivity index (χ1) is 11.3. The molecular weight excluding hydrogens is 290 g/mol. The van der Waals surface area contributed by atoms with Crippen LogP contribution in [0, 0.1) is 12.3 Å². The van der Waals surface area contributed by atoms with Crippen molar-refractivity contribution in [3.63, 3.8) is 0 Å². The Hall–Kier alpha value is -2.59. The summed E-state index contributed by atoms with van der Waals surface area (Å²) in [6, 6.07) is 2.03. The molecule has 7 heteroatoms. The van der Waals surface area contributed by atoms with Crippen LogP contribution < -0.4 is 15.5 Å². The van der Waals surface area contributed by atoms with E-state index in [0.717, 1.165) is 32.0 Å². The minimum atomic E-state index is 0.630. The fourth-order valence-corrected chi connectivity index (χ4v) is 2.72. The summed E-state index contributed by atoms with van der Waals surface area (Å²) < 4.78 is 0. The Labute approximate surface area is 134 Å². The van der Waals surface area contributed by atoms with Crippen LogP contribution in [0.3, 0.4) is 0 Å². The molecule has 1 saturated carbocycles. The molecule has 2 aromatic rings.